The van der Waals surface area contributed by atoms with Gasteiger partial charge in [0.25, 0.3) is 0 Å². The Morgan fingerprint density at radius 1 is 0.632 bits per heavy atom. The summed E-state index contributed by atoms with van der Waals surface area (Å²) < 4.78 is 0. The van der Waals surface area contributed by atoms with Gasteiger partial charge in [0.2, 0.25) is 0 Å². The first-order valence-electron chi connectivity index (χ1n) is 16.8. The molecule has 0 aromatic heterocycles. The molecule has 0 radical (unpaired) electrons. The van der Waals surface area contributed by atoms with Crippen molar-refractivity contribution in [1.82, 2.24) is 0 Å². The predicted molar refractivity (Wildman–Crippen MR) is 191 cm³/mol. The minimum absolute atomic E-state index is 0.341. The summed E-state index contributed by atoms with van der Waals surface area (Å²) in [6, 6.07) is 0. The average Bonchev–Trinajstić information content (AvgIpc) is 2.96. The van der Waals surface area contributed by atoms with E-state index < -0.39 is 0 Å². The lowest BCUT2D eigenvalue weighted by Crippen LogP contribution is -2.29. The van der Waals surface area contributed by atoms with Crippen LogP contribution in [0, 0.1) is 5.92 Å². The Kier molecular flexibility index (Phi) is 134. The van der Waals surface area contributed by atoms with Gasteiger partial charge in [-0.05, 0) is 45.4 Å². The molecule has 0 heterocycles. The summed E-state index contributed by atoms with van der Waals surface area (Å²) in [6.07, 6.45) is 21.7. The van der Waals surface area contributed by atoms with Crippen LogP contribution in [-0.4, -0.2) is 10.7 Å². The molecule has 1 saturated carbocycles. The van der Waals surface area contributed by atoms with E-state index in [1.165, 1.54) is 51.4 Å². The van der Waals surface area contributed by atoms with Gasteiger partial charge in [0.15, 0.2) is 0 Å². The average molecular weight is 547 g/mol. The standard InChI is InChI=1S/C8H16O.C7H10.2C4H10.2C3H8.4C2H6/c1-7-3-5-8(2,9)6-4-7;1-3-5-7-6-4-2;2*1-3-4-2;2*1-3-2;4*1-2/h7,9H,3-6H2,1-2H3;3-7H,1H2,2H3;2*3-4H2,1-2H3;2*3H2,1-2H3;4*1-2H3/b;6-4-,7-5-;;;;;;;;. The van der Waals surface area contributed by atoms with Gasteiger partial charge >= 0.3 is 0 Å². The van der Waals surface area contributed by atoms with Crippen molar-refractivity contribution >= 4 is 0 Å². The maximum Gasteiger partial charge on any atom is 0.0620 e. The summed E-state index contributed by atoms with van der Waals surface area (Å²) in [5, 5.41) is 9.49. The van der Waals surface area contributed by atoms with Crippen LogP contribution in [0.1, 0.15) is 196 Å². The van der Waals surface area contributed by atoms with Crippen LogP contribution < -0.4 is 0 Å². The van der Waals surface area contributed by atoms with Crippen molar-refractivity contribution in [3.05, 3.63) is 37.0 Å². The molecule has 0 saturated heterocycles. The second kappa shape index (κ2) is 83.3. The Morgan fingerprint density at radius 2 is 0.895 bits per heavy atom. The molecule has 0 aliphatic heterocycles. The first-order chi connectivity index (χ1) is 18.2. The van der Waals surface area contributed by atoms with Gasteiger partial charge in [0, 0.05) is 0 Å². The molecule has 0 aromatic rings. The van der Waals surface area contributed by atoms with Crippen LogP contribution in [0.4, 0.5) is 0 Å². The van der Waals surface area contributed by atoms with Gasteiger partial charge < -0.3 is 5.11 Å². The molecular weight excluding hydrogens is 460 g/mol. The highest BCUT2D eigenvalue weighted by molar-refractivity contribution is 5.07. The highest BCUT2D eigenvalue weighted by atomic mass is 16.3. The van der Waals surface area contributed by atoms with Gasteiger partial charge in [0.05, 0.1) is 5.60 Å². The van der Waals surface area contributed by atoms with E-state index in [1.54, 1.807) is 6.08 Å². The van der Waals surface area contributed by atoms with Crippen LogP contribution >= 0.6 is 0 Å². The van der Waals surface area contributed by atoms with E-state index in [0.717, 1.165) is 18.8 Å². The molecule has 0 unspecified atom stereocenters. The van der Waals surface area contributed by atoms with Gasteiger partial charge in [-0.25, -0.2) is 0 Å². The molecule has 38 heavy (non-hydrogen) atoms. The zero-order chi connectivity index (χ0) is 32.7. The predicted octanol–water partition coefficient (Wildman–Crippen LogP) is 14.8. The first-order valence-corrected chi connectivity index (χ1v) is 16.8. The van der Waals surface area contributed by atoms with Crippen molar-refractivity contribution in [3.63, 3.8) is 0 Å². The molecule has 1 heteroatoms. The number of allylic oxidation sites excluding steroid dienone is 5. The number of unbranched alkanes of at least 4 members (excludes halogenated alkanes) is 2. The summed E-state index contributed by atoms with van der Waals surface area (Å²) in [5.74, 6) is 0.838. The van der Waals surface area contributed by atoms with Gasteiger partial charge in [-0.2, -0.15) is 0 Å². The summed E-state index contributed by atoms with van der Waals surface area (Å²) >= 11 is 0. The van der Waals surface area contributed by atoms with Crippen molar-refractivity contribution in [2.24, 2.45) is 5.92 Å². The van der Waals surface area contributed by atoms with Crippen molar-refractivity contribution in [2.75, 3.05) is 0 Å². The maximum absolute atomic E-state index is 9.49. The smallest absolute Gasteiger partial charge is 0.0620 e. The largest absolute Gasteiger partial charge is 0.390 e. The second-order valence-corrected chi connectivity index (χ2v) is 8.24. The minimum Gasteiger partial charge on any atom is -0.390 e. The van der Waals surface area contributed by atoms with Crippen molar-refractivity contribution < 1.29 is 5.11 Å². The normalized spacial score (nSPS) is 15.8. The SMILES string of the molecule is C=C/C=C\C=C/C.CC.CC.CC.CC.CC1CCC(C)(O)CC1.CCC.CCC.CCCC.CCCC. The fourth-order valence-electron chi connectivity index (χ4n) is 1.64. The zero-order valence-electron chi connectivity index (χ0n) is 31.2. The number of hydrogen-bond acceptors (Lipinski definition) is 1. The van der Waals surface area contributed by atoms with Crippen LogP contribution in [0.25, 0.3) is 0 Å². The molecule has 1 aliphatic carbocycles. The van der Waals surface area contributed by atoms with E-state index >= 15 is 0 Å². The van der Waals surface area contributed by atoms with E-state index in [1.807, 2.05) is 93.5 Å². The van der Waals surface area contributed by atoms with Gasteiger partial charge in [-0.1, -0.05) is 193 Å². The summed E-state index contributed by atoms with van der Waals surface area (Å²) in [6.45, 7) is 42.9. The van der Waals surface area contributed by atoms with E-state index in [-0.39, 0.29) is 5.60 Å². The van der Waals surface area contributed by atoms with E-state index in [9.17, 15) is 5.11 Å². The number of aliphatic hydroxyl groups is 1. The fraction of sp³-hybridized carbons (Fsp3) is 0.838. The topological polar surface area (TPSA) is 20.2 Å². The third kappa shape index (κ3) is 139. The monoisotopic (exact) mass is 547 g/mol. The van der Waals surface area contributed by atoms with E-state index in [0.29, 0.717) is 0 Å². The van der Waals surface area contributed by atoms with Crippen molar-refractivity contribution in [1.29, 1.82) is 0 Å². The molecular formula is C37H86O. The Balaban J connectivity index is -0.0000000375. The minimum atomic E-state index is -0.341. The number of hydrogen-bond donors (Lipinski definition) is 1. The van der Waals surface area contributed by atoms with Crippen LogP contribution in [0.2, 0.25) is 0 Å². The quantitative estimate of drug-likeness (QED) is 0.347. The molecule has 1 N–H and O–H groups in total. The maximum atomic E-state index is 9.49. The third-order valence-corrected chi connectivity index (χ3v) is 3.90. The van der Waals surface area contributed by atoms with Crippen molar-refractivity contribution in [3.8, 4) is 0 Å². The van der Waals surface area contributed by atoms with E-state index in [4.69, 9.17) is 0 Å². The Morgan fingerprint density at radius 3 is 1.05 bits per heavy atom. The first kappa shape index (κ1) is 61.3. The lowest BCUT2D eigenvalue weighted by molar-refractivity contribution is 0.0104. The lowest BCUT2D eigenvalue weighted by atomic mass is 9.81. The van der Waals surface area contributed by atoms with Crippen LogP contribution in [0.3, 0.4) is 0 Å². The van der Waals surface area contributed by atoms with Gasteiger partial charge in [-0.3, -0.25) is 0 Å². The molecule has 0 spiro atoms. The molecule has 0 aromatic carbocycles. The highest BCUT2D eigenvalue weighted by Gasteiger charge is 2.26. The summed E-state index contributed by atoms with van der Waals surface area (Å²) in [4.78, 5) is 0. The highest BCUT2D eigenvalue weighted by Crippen LogP contribution is 2.30. The molecule has 1 fully saturated rings. The summed E-state index contributed by atoms with van der Waals surface area (Å²) in [7, 11) is 0. The summed E-state index contributed by atoms with van der Waals surface area (Å²) in [5.41, 5.74) is -0.341. The van der Waals surface area contributed by atoms with Gasteiger partial charge in [0.1, 0.15) is 0 Å². The molecule has 0 bridgehead atoms. The van der Waals surface area contributed by atoms with E-state index in [2.05, 4.69) is 68.9 Å². The number of rotatable bonds is 4. The molecule has 1 rings (SSSR count). The molecule has 0 atom stereocenters. The molecule has 1 aliphatic rings. The Bertz CT molecular complexity index is 293. The van der Waals surface area contributed by atoms with Crippen LogP contribution in [-0.2, 0) is 0 Å². The second-order valence-electron chi connectivity index (χ2n) is 8.24. The Hall–Kier alpha value is -0.820. The molecule has 240 valence electrons. The third-order valence-electron chi connectivity index (χ3n) is 3.90. The Labute approximate surface area is 249 Å². The molecule has 0 amide bonds. The lowest BCUT2D eigenvalue weighted by Gasteiger charge is -2.31. The van der Waals surface area contributed by atoms with Gasteiger partial charge in [-0.15, -0.1) is 0 Å². The fourth-order valence-corrected chi connectivity index (χ4v) is 1.64. The zero-order valence-corrected chi connectivity index (χ0v) is 31.2. The van der Waals surface area contributed by atoms with Crippen LogP contribution in [0.15, 0.2) is 37.0 Å². The molecule has 1 nitrogen and oxygen atoms in total. The van der Waals surface area contributed by atoms with Crippen molar-refractivity contribution in [2.45, 2.75) is 201 Å². The van der Waals surface area contributed by atoms with Crippen LogP contribution in [0.5, 0.6) is 0 Å².